The van der Waals surface area contributed by atoms with E-state index in [1.807, 2.05) is 0 Å². The van der Waals surface area contributed by atoms with Crippen molar-refractivity contribution in [1.82, 2.24) is 4.90 Å². The highest BCUT2D eigenvalue weighted by Gasteiger charge is 2.19. The zero-order chi connectivity index (χ0) is 15.2. The number of aliphatic hydroxyl groups is 1. The van der Waals surface area contributed by atoms with Gasteiger partial charge in [-0.1, -0.05) is 19.1 Å². The van der Waals surface area contributed by atoms with Gasteiger partial charge >= 0.3 is 0 Å². The van der Waals surface area contributed by atoms with E-state index in [4.69, 9.17) is 4.74 Å². The molecule has 0 bridgehead atoms. The second-order valence-electron chi connectivity index (χ2n) is 5.84. The molecule has 0 radical (unpaired) electrons. The minimum atomic E-state index is -0.612. The van der Waals surface area contributed by atoms with E-state index in [2.05, 4.69) is 11.8 Å². The predicted octanol–water partition coefficient (Wildman–Crippen LogP) is 3.06. The molecule has 1 aliphatic rings. The molecule has 118 valence electrons. The third-order valence-electron chi connectivity index (χ3n) is 4.23. The molecule has 3 nitrogen and oxygen atoms in total. The van der Waals surface area contributed by atoms with Crippen LogP contribution >= 0.6 is 0 Å². The van der Waals surface area contributed by atoms with Crippen LogP contribution in [0.2, 0.25) is 0 Å². The molecule has 4 heteroatoms. The van der Waals surface area contributed by atoms with Gasteiger partial charge in [-0.25, -0.2) is 4.39 Å². The second-order valence-corrected chi connectivity index (χ2v) is 5.84. The minimum Gasteiger partial charge on any atom is -0.388 e. The normalized spacial score (nSPS) is 20.1. The van der Waals surface area contributed by atoms with Gasteiger partial charge in [-0.2, -0.15) is 0 Å². The van der Waals surface area contributed by atoms with Crippen LogP contribution in [0.5, 0.6) is 0 Å². The van der Waals surface area contributed by atoms with E-state index in [1.54, 1.807) is 19.1 Å². The Labute approximate surface area is 126 Å². The van der Waals surface area contributed by atoms with Crippen LogP contribution in [0.25, 0.3) is 0 Å². The molecule has 1 aliphatic heterocycles. The number of aryl methyl sites for hydroxylation is 1. The summed E-state index contributed by atoms with van der Waals surface area (Å²) < 4.78 is 19.2. The zero-order valence-electron chi connectivity index (χ0n) is 13.0. The number of hydrogen-bond acceptors (Lipinski definition) is 3. The number of benzene rings is 1. The lowest BCUT2D eigenvalue weighted by Gasteiger charge is -2.24. The van der Waals surface area contributed by atoms with E-state index < -0.39 is 6.10 Å². The van der Waals surface area contributed by atoms with Gasteiger partial charge in [-0.15, -0.1) is 0 Å². The Balaban J connectivity index is 1.83. The Kier molecular flexibility index (Phi) is 6.15. The van der Waals surface area contributed by atoms with Crippen molar-refractivity contribution < 1.29 is 14.2 Å². The number of ether oxygens (including phenoxy) is 1. The number of likely N-dealkylation sites (N-methyl/N-ethyl adjacent to an activating group) is 1. The maximum atomic E-state index is 13.5. The summed E-state index contributed by atoms with van der Waals surface area (Å²) in [6, 6.07) is 4.97. The largest absolute Gasteiger partial charge is 0.388 e. The Hall–Kier alpha value is -0.970. The van der Waals surface area contributed by atoms with Gasteiger partial charge in [0.1, 0.15) is 5.82 Å². The first kappa shape index (κ1) is 16.4. The first-order valence-electron chi connectivity index (χ1n) is 7.88. The summed E-state index contributed by atoms with van der Waals surface area (Å²) in [5.74, 6) is -0.252. The molecule has 0 saturated carbocycles. The molecule has 1 aromatic carbocycles. The minimum absolute atomic E-state index is 0.252. The maximum absolute atomic E-state index is 13.5. The highest BCUT2D eigenvalue weighted by Crippen LogP contribution is 2.20. The molecule has 1 fully saturated rings. The number of aliphatic hydroxyl groups excluding tert-OH is 1. The summed E-state index contributed by atoms with van der Waals surface area (Å²) in [5.41, 5.74) is 1.27. The summed E-state index contributed by atoms with van der Waals surface area (Å²) >= 11 is 0. The molecule has 2 unspecified atom stereocenters. The first-order chi connectivity index (χ1) is 10.1. The highest BCUT2D eigenvalue weighted by molar-refractivity contribution is 5.24. The molecule has 0 amide bonds. The summed E-state index contributed by atoms with van der Waals surface area (Å²) in [6.07, 6.45) is 2.61. The van der Waals surface area contributed by atoms with Crippen molar-refractivity contribution in [3.8, 4) is 0 Å². The van der Waals surface area contributed by atoms with Crippen LogP contribution < -0.4 is 0 Å². The second kappa shape index (κ2) is 7.87. The molecule has 0 aliphatic carbocycles. The van der Waals surface area contributed by atoms with Gasteiger partial charge in [0.15, 0.2) is 0 Å². The molecule has 2 rings (SSSR count). The van der Waals surface area contributed by atoms with Crippen LogP contribution in [-0.2, 0) is 4.74 Å². The van der Waals surface area contributed by atoms with E-state index in [0.29, 0.717) is 23.7 Å². The number of nitrogens with zero attached hydrogens (tertiary/aromatic N) is 1. The van der Waals surface area contributed by atoms with E-state index in [9.17, 15) is 9.50 Å². The molecule has 1 aromatic rings. The molecular formula is C17H26FNO2. The maximum Gasteiger partial charge on any atom is 0.126 e. The summed E-state index contributed by atoms with van der Waals surface area (Å²) in [7, 11) is 0. The van der Waals surface area contributed by atoms with Crippen LogP contribution in [0.1, 0.15) is 43.4 Å². The fraction of sp³-hybridized carbons (Fsp3) is 0.647. The average molecular weight is 295 g/mol. The van der Waals surface area contributed by atoms with Gasteiger partial charge in [0.25, 0.3) is 0 Å². The molecule has 1 heterocycles. The smallest absolute Gasteiger partial charge is 0.126 e. The fourth-order valence-electron chi connectivity index (χ4n) is 2.74. The third kappa shape index (κ3) is 4.77. The summed E-state index contributed by atoms with van der Waals surface area (Å²) in [4.78, 5) is 2.30. The van der Waals surface area contributed by atoms with Crippen molar-refractivity contribution >= 4 is 0 Å². The number of halogens is 1. The van der Waals surface area contributed by atoms with Crippen molar-refractivity contribution in [3.05, 3.63) is 35.1 Å². The SMILES string of the molecule is CCN(CCC(O)c1ccc(C)c(F)c1)CC1CCCO1. The number of hydrogen-bond donors (Lipinski definition) is 1. The van der Waals surface area contributed by atoms with Crippen molar-refractivity contribution in [2.45, 2.75) is 45.3 Å². The van der Waals surface area contributed by atoms with E-state index in [0.717, 1.165) is 39.1 Å². The molecule has 1 saturated heterocycles. The van der Waals surface area contributed by atoms with Crippen LogP contribution in [0.15, 0.2) is 18.2 Å². The first-order valence-corrected chi connectivity index (χ1v) is 7.88. The van der Waals surface area contributed by atoms with Gasteiger partial charge in [-0.05, 0) is 49.9 Å². The van der Waals surface area contributed by atoms with Gasteiger partial charge < -0.3 is 14.7 Å². The quantitative estimate of drug-likeness (QED) is 0.839. The standard InChI is InChI=1S/C17H26FNO2/c1-3-19(12-15-5-4-10-21-15)9-8-17(20)14-7-6-13(2)16(18)11-14/h6-7,11,15,17,20H,3-5,8-10,12H2,1-2H3. The third-order valence-corrected chi connectivity index (χ3v) is 4.23. The lowest BCUT2D eigenvalue weighted by molar-refractivity contribution is 0.0669. The Morgan fingerprint density at radius 1 is 1.48 bits per heavy atom. The molecule has 21 heavy (non-hydrogen) atoms. The molecular weight excluding hydrogens is 269 g/mol. The van der Waals surface area contributed by atoms with Crippen LogP contribution in [-0.4, -0.2) is 42.4 Å². The van der Waals surface area contributed by atoms with Crippen molar-refractivity contribution in [1.29, 1.82) is 0 Å². The lowest BCUT2D eigenvalue weighted by atomic mass is 10.0. The average Bonchev–Trinajstić information content (AvgIpc) is 2.99. The van der Waals surface area contributed by atoms with Gasteiger partial charge in [0.05, 0.1) is 12.2 Å². The van der Waals surface area contributed by atoms with Crippen molar-refractivity contribution in [2.24, 2.45) is 0 Å². The fourth-order valence-corrected chi connectivity index (χ4v) is 2.74. The number of rotatable bonds is 7. The van der Waals surface area contributed by atoms with Crippen LogP contribution in [0, 0.1) is 12.7 Å². The molecule has 0 aromatic heterocycles. The molecule has 2 atom stereocenters. The van der Waals surface area contributed by atoms with Gasteiger partial charge in [-0.3, -0.25) is 0 Å². The Bertz CT molecular complexity index is 446. The Morgan fingerprint density at radius 2 is 2.29 bits per heavy atom. The molecule has 0 spiro atoms. The Morgan fingerprint density at radius 3 is 2.90 bits per heavy atom. The molecule has 1 N–H and O–H groups in total. The van der Waals surface area contributed by atoms with Gasteiger partial charge in [0.2, 0.25) is 0 Å². The van der Waals surface area contributed by atoms with Crippen molar-refractivity contribution in [3.63, 3.8) is 0 Å². The summed E-state index contributed by atoms with van der Waals surface area (Å²) in [5, 5.41) is 10.2. The van der Waals surface area contributed by atoms with Gasteiger partial charge in [0, 0.05) is 19.7 Å². The van der Waals surface area contributed by atoms with Crippen molar-refractivity contribution in [2.75, 3.05) is 26.2 Å². The van der Waals surface area contributed by atoms with Crippen LogP contribution in [0.3, 0.4) is 0 Å². The van der Waals surface area contributed by atoms with Crippen LogP contribution in [0.4, 0.5) is 4.39 Å². The summed E-state index contributed by atoms with van der Waals surface area (Å²) in [6.45, 7) is 7.37. The monoisotopic (exact) mass is 295 g/mol. The highest BCUT2D eigenvalue weighted by atomic mass is 19.1. The van der Waals surface area contributed by atoms with E-state index >= 15 is 0 Å². The zero-order valence-corrected chi connectivity index (χ0v) is 13.0. The van der Waals surface area contributed by atoms with E-state index in [1.165, 1.54) is 6.07 Å². The lowest BCUT2D eigenvalue weighted by Crippen LogP contribution is -2.33. The predicted molar refractivity (Wildman–Crippen MR) is 81.8 cm³/mol. The van der Waals surface area contributed by atoms with E-state index in [-0.39, 0.29) is 5.82 Å². The topological polar surface area (TPSA) is 32.7 Å².